The summed E-state index contributed by atoms with van der Waals surface area (Å²) in [6.45, 7) is 0.841. The molecule has 0 spiro atoms. The molecule has 0 aliphatic carbocycles. The van der Waals surface area contributed by atoms with Gasteiger partial charge in [0.05, 0.1) is 24.3 Å². The number of rotatable bonds is 6. The van der Waals surface area contributed by atoms with E-state index in [1.54, 1.807) is 24.3 Å². The van der Waals surface area contributed by atoms with Crippen molar-refractivity contribution >= 4 is 17.4 Å². The first-order chi connectivity index (χ1) is 13.8. The molecule has 2 aromatic carbocycles. The molecule has 3 rings (SSSR count). The Bertz CT molecular complexity index is 957. The number of hydrogen-bond donors (Lipinski definition) is 1. The van der Waals surface area contributed by atoms with Crippen LogP contribution in [0.4, 0.5) is 4.39 Å². The summed E-state index contributed by atoms with van der Waals surface area (Å²) < 4.78 is 19.1. The molecule has 152 valence electrons. The molecule has 0 bridgehead atoms. The summed E-state index contributed by atoms with van der Waals surface area (Å²) in [5, 5.41) is 11.0. The van der Waals surface area contributed by atoms with Crippen LogP contribution in [0.3, 0.4) is 0 Å². The van der Waals surface area contributed by atoms with E-state index in [0.717, 1.165) is 6.07 Å². The second kappa shape index (κ2) is 8.45. The zero-order valence-corrected chi connectivity index (χ0v) is 16.6. The maximum atomic E-state index is 13.9. The Labute approximate surface area is 168 Å². The van der Waals surface area contributed by atoms with Gasteiger partial charge in [0.15, 0.2) is 0 Å². The molecule has 1 saturated heterocycles. The highest BCUT2D eigenvalue weighted by atomic mass is 19.1. The number of likely N-dealkylation sites (N-methyl/N-ethyl adjacent to an activating group) is 1. The van der Waals surface area contributed by atoms with Crippen molar-refractivity contribution in [3.63, 3.8) is 0 Å². The molecule has 1 unspecified atom stereocenters. The van der Waals surface area contributed by atoms with E-state index in [0.29, 0.717) is 18.7 Å². The number of ketones is 1. The van der Waals surface area contributed by atoms with Crippen molar-refractivity contribution < 1.29 is 23.8 Å². The van der Waals surface area contributed by atoms with Gasteiger partial charge in [-0.3, -0.25) is 9.59 Å². The topological polar surface area (TPSA) is 70.1 Å². The van der Waals surface area contributed by atoms with Gasteiger partial charge >= 0.3 is 0 Å². The Hall–Kier alpha value is -3.19. The zero-order chi connectivity index (χ0) is 21.1. The Kier molecular flexibility index (Phi) is 5.98. The van der Waals surface area contributed by atoms with Crippen molar-refractivity contribution in [2.24, 2.45) is 0 Å². The first-order valence-corrected chi connectivity index (χ1v) is 9.17. The van der Waals surface area contributed by atoms with Gasteiger partial charge in [-0.05, 0) is 37.9 Å². The van der Waals surface area contributed by atoms with Crippen LogP contribution in [-0.4, -0.2) is 60.9 Å². The summed E-state index contributed by atoms with van der Waals surface area (Å²) in [6.07, 6.45) is 0. The minimum Gasteiger partial charge on any atom is -0.507 e. The lowest BCUT2D eigenvalue weighted by atomic mass is 9.95. The maximum Gasteiger partial charge on any atom is 0.295 e. The Morgan fingerprint density at radius 1 is 1.17 bits per heavy atom. The van der Waals surface area contributed by atoms with Gasteiger partial charge in [0.25, 0.3) is 11.7 Å². The number of carbonyl (C=O) groups excluding carboxylic acids is 2. The second-order valence-electron chi connectivity index (χ2n) is 7.05. The number of hydrogen-bond acceptors (Lipinski definition) is 5. The van der Waals surface area contributed by atoms with Gasteiger partial charge < -0.3 is 19.6 Å². The lowest BCUT2D eigenvalue weighted by Crippen LogP contribution is -2.35. The zero-order valence-electron chi connectivity index (χ0n) is 16.6. The van der Waals surface area contributed by atoms with E-state index in [4.69, 9.17) is 4.74 Å². The molecule has 0 saturated carbocycles. The molecule has 1 aliphatic heterocycles. The number of likely N-dealkylation sites (tertiary alicyclic amines) is 1. The fourth-order valence-corrected chi connectivity index (χ4v) is 3.41. The number of aliphatic hydroxyl groups excluding tert-OH is 1. The normalized spacial score (nSPS) is 18.5. The summed E-state index contributed by atoms with van der Waals surface area (Å²) in [5.41, 5.74) is 0.630. The minimum atomic E-state index is -0.804. The second-order valence-corrected chi connectivity index (χ2v) is 7.05. The molecular weight excluding hydrogens is 375 g/mol. The summed E-state index contributed by atoms with van der Waals surface area (Å²) in [7, 11) is 5.12. The molecule has 29 heavy (non-hydrogen) atoms. The molecule has 1 aliphatic rings. The van der Waals surface area contributed by atoms with Crippen LogP contribution in [-0.2, 0) is 9.59 Å². The average molecular weight is 398 g/mol. The fourth-order valence-electron chi connectivity index (χ4n) is 3.41. The highest BCUT2D eigenvalue weighted by Crippen LogP contribution is 2.40. The molecule has 0 radical (unpaired) electrons. The lowest BCUT2D eigenvalue weighted by molar-refractivity contribution is -0.140. The first-order valence-electron chi connectivity index (χ1n) is 9.17. The third-order valence-electron chi connectivity index (χ3n) is 4.86. The Morgan fingerprint density at radius 3 is 2.48 bits per heavy atom. The minimum absolute atomic E-state index is 0.0269. The van der Waals surface area contributed by atoms with Gasteiger partial charge in [-0.1, -0.05) is 30.3 Å². The van der Waals surface area contributed by atoms with Crippen LogP contribution in [0, 0.1) is 5.82 Å². The van der Waals surface area contributed by atoms with Crippen LogP contribution < -0.4 is 4.74 Å². The fraction of sp³-hybridized carbons (Fsp3) is 0.273. The predicted molar refractivity (Wildman–Crippen MR) is 107 cm³/mol. The predicted octanol–water partition coefficient (Wildman–Crippen LogP) is 2.82. The molecule has 0 aromatic heterocycles. The molecule has 2 aromatic rings. The molecule has 1 fully saturated rings. The van der Waals surface area contributed by atoms with Crippen molar-refractivity contribution in [1.82, 2.24) is 9.80 Å². The average Bonchev–Trinajstić information content (AvgIpc) is 2.97. The molecule has 1 atom stereocenters. The van der Waals surface area contributed by atoms with Crippen LogP contribution >= 0.6 is 0 Å². The van der Waals surface area contributed by atoms with E-state index in [1.165, 1.54) is 24.1 Å². The summed E-state index contributed by atoms with van der Waals surface area (Å²) >= 11 is 0. The Balaban J connectivity index is 2.19. The van der Waals surface area contributed by atoms with Crippen molar-refractivity contribution in [2.45, 2.75) is 6.04 Å². The van der Waals surface area contributed by atoms with E-state index in [2.05, 4.69) is 0 Å². The number of benzene rings is 2. The van der Waals surface area contributed by atoms with Gasteiger partial charge in [0, 0.05) is 13.1 Å². The lowest BCUT2D eigenvalue weighted by Gasteiger charge is -2.26. The van der Waals surface area contributed by atoms with Gasteiger partial charge in [-0.15, -0.1) is 0 Å². The Morgan fingerprint density at radius 2 is 1.86 bits per heavy atom. The van der Waals surface area contributed by atoms with E-state index in [1.807, 2.05) is 25.1 Å². The number of methoxy groups -OCH3 is 1. The molecular formula is C22H23FN2O4. The number of ether oxygens (including phenoxy) is 1. The van der Waals surface area contributed by atoms with Crippen molar-refractivity contribution in [1.29, 1.82) is 0 Å². The quantitative estimate of drug-likeness (QED) is 0.460. The molecule has 1 heterocycles. The molecule has 1 amide bonds. The van der Waals surface area contributed by atoms with Gasteiger partial charge in [0.2, 0.25) is 0 Å². The highest BCUT2D eigenvalue weighted by Gasteiger charge is 2.46. The largest absolute Gasteiger partial charge is 0.507 e. The molecule has 7 heteroatoms. The van der Waals surface area contributed by atoms with Crippen molar-refractivity contribution in [2.75, 3.05) is 34.3 Å². The van der Waals surface area contributed by atoms with E-state index >= 15 is 0 Å². The van der Waals surface area contributed by atoms with Gasteiger partial charge in [0.1, 0.15) is 17.3 Å². The van der Waals surface area contributed by atoms with Gasteiger partial charge in [-0.25, -0.2) is 4.39 Å². The number of Topliss-reactive ketones (excluding diaryl/α,β-unsaturated/α-hetero) is 1. The van der Waals surface area contributed by atoms with Gasteiger partial charge in [-0.2, -0.15) is 0 Å². The standard InChI is InChI=1S/C22H23FN2O4/c1-24(2)11-12-25-19(14-7-5-4-6-8-14)18(21(27)22(25)28)20(26)16-13-15(23)9-10-17(16)29-3/h4-10,13,19,26H,11-12H2,1-3H3/b20-18+. The summed E-state index contributed by atoms with van der Waals surface area (Å²) in [4.78, 5) is 29.0. The monoisotopic (exact) mass is 398 g/mol. The SMILES string of the molecule is COc1ccc(F)cc1/C(O)=C1\C(=O)C(=O)N(CCN(C)C)C1c1ccccc1. The number of halogens is 1. The van der Waals surface area contributed by atoms with E-state index < -0.39 is 29.3 Å². The molecule has 1 N–H and O–H groups in total. The van der Waals surface area contributed by atoms with Crippen LogP contribution in [0.5, 0.6) is 5.75 Å². The number of aliphatic hydroxyl groups is 1. The highest BCUT2D eigenvalue weighted by molar-refractivity contribution is 6.46. The summed E-state index contributed by atoms with van der Waals surface area (Å²) in [5.74, 6) is -2.35. The summed E-state index contributed by atoms with van der Waals surface area (Å²) in [6, 6.07) is 11.9. The van der Waals surface area contributed by atoms with E-state index in [-0.39, 0.29) is 16.9 Å². The smallest absolute Gasteiger partial charge is 0.295 e. The van der Waals surface area contributed by atoms with Crippen LogP contribution in [0.1, 0.15) is 17.2 Å². The van der Waals surface area contributed by atoms with E-state index in [9.17, 15) is 19.1 Å². The van der Waals surface area contributed by atoms with Crippen LogP contribution in [0.2, 0.25) is 0 Å². The maximum absolute atomic E-state index is 13.9. The molecule has 6 nitrogen and oxygen atoms in total. The number of amides is 1. The number of carbonyl (C=O) groups is 2. The third-order valence-corrected chi connectivity index (χ3v) is 4.86. The van der Waals surface area contributed by atoms with Crippen molar-refractivity contribution in [3.8, 4) is 5.75 Å². The number of nitrogens with zero attached hydrogens (tertiary/aromatic N) is 2. The van der Waals surface area contributed by atoms with Crippen molar-refractivity contribution in [3.05, 3.63) is 71.0 Å². The van der Waals surface area contributed by atoms with Crippen LogP contribution in [0.25, 0.3) is 5.76 Å². The first kappa shape index (κ1) is 20.5. The van der Waals surface area contributed by atoms with Crippen LogP contribution in [0.15, 0.2) is 54.1 Å². The third kappa shape index (κ3) is 4.00.